The summed E-state index contributed by atoms with van der Waals surface area (Å²) in [6.07, 6.45) is 3.05. The average Bonchev–Trinajstić information content (AvgIpc) is 3.50. The molecule has 3 aromatic rings. The Morgan fingerprint density at radius 3 is 2.67 bits per heavy atom. The Kier molecular flexibility index (Phi) is 5.69. The second-order valence-corrected chi connectivity index (χ2v) is 9.97. The highest BCUT2D eigenvalue weighted by molar-refractivity contribution is 7.20. The largest absolute Gasteiger partial charge is 0.349 e. The third-order valence-corrected chi connectivity index (χ3v) is 7.78. The van der Waals surface area contributed by atoms with Crippen molar-refractivity contribution < 1.29 is 14.4 Å². The highest BCUT2D eigenvalue weighted by Gasteiger charge is 2.31. The van der Waals surface area contributed by atoms with Gasteiger partial charge in [0.05, 0.1) is 15.1 Å². The summed E-state index contributed by atoms with van der Waals surface area (Å²) in [5.74, 6) is -0.241. The van der Waals surface area contributed by atoms with Crippen molar-refractivity contribution in [3.05, 3.63) is 39.6 Å². The lowest BCUT2D eigenvalue weighted by molar-refractivity contribution is -0.135. The predicted octanol–water partition coefficient (Wildman–Crippen LogP) is 2.85. The van der Waals surface area contributed by atoms with Gasteiger partial charge in [0.15, 0.2) is 11.6 Å². The summed E-state index contributed by atoms with van der Waals surface area (Å²) >= 11 is 2.78. The zero-order chi connectivity index (χ0) is 23.1. The van der Waals surface area contributed by atoms with Crippen molar-refractivity contribution in [2.24, 2.45) is 0 Å². The van der Waals surface area contributed by atoms with Crippen molar-refractivity contribution in [2.75, 3.05) is 18.5 Å². The van der Waals surface area contributed by atoms with E-state index in [-0.39, 0.29) is 11.9 Å². The number of piperidine rings is 1. The van der Waals surface area contributed by atoms with Gasteiger partial charge in [-0.3, -0.25) is 19.8 Å². The van der Waals surface area contributed by atoms with Gasteiger partial charge >= 0.3 is 0 Å². The number of fused-ring (bicyclic) bond motifs is 1. The summed E-state index contributed by atoms with van der Waals surface area (Å²) < 4.78 is 0. The molecule has 33 heavy (non-hydrogen) atoms. The van der Waals surface area contributed by atoms with E-state index in [1.54, 1.807) is 6.92 Å². The molecule has 170 valence electrons. The number of nitrogens with zero attached hydrogens (tertiary/aromatic N) is 3. The van der Waals surface area contributed by atoms with Crippen LogP contribution in [0.4, 0.5) is 5.82 Å². The SMILES string of the molecule is CC1=CC(=O)N(Nc2nc(-c3cccs3)nc3sc(C(=O)NC4CCNCC4)c(C)c23)C1=O. The van der Waals surface area contributed by atoms with Crippen LogP contribution in [0.25, 0.3) is 20.9 Å². The number of hydrogen-bond acceptors (Lipinski definition) is 9. The number of anilines is 1. The molecule has 9 nitrogen and oxygen atoms in total. The second-order valence-electron chi connectivity index (χ2n) is 8.03. The van der Waals surface area contributed by atoms with Gasteiger partial charge in [-0.15, -0.1) is 22.7 Å². The lowest BCUT2D eigenvalue weighted by Gasteiger charge is -2.23. The van der Waals surface area contributed by atoms with Crippen LogP contribution >= 0.6 is 22.7 Å². The maximum absolute atomic E-state index is 13.1. The Labute approximate surface area is 197 Å². The van der Waals surface area contributed by atoms with Gasteiger partial charge in [-0.25, -0.2) is 9.97 Å². The van der Waals surface area contributed by atoms with Crippen LogP contribution in [0.1, 0.15) is 35.0 Å². The van der Waals surface area contributed by atoms with E-state index >= 15 is 0 Å². The second kappa shape index (κ2) is 8.65. The molecule has 3 N–H and O–H groups in total. The van der Waals surface area contributed by atoms with E-state index in [1.165, 1.54) is 28.7 Å². The summed E-state index contributed by atoms with van der Waals surface area (Å²) in [4.78, 5) is 49.2. The Morgan fingerprint density at radius 1 is 1.21 bits per heavy atom. The molecule has 5 heterocycles. The molecule has 2 aliphatic heterocycles. The molecule has 5 rings (SSSR count). The quantitative estimate of drug-likeness (QED) is 0.479. The number of amides is 3. The average molecular weight is 483 g/mol. The molecule has 11 heteroatoms. The molecule has 0 atom stereocenters. The zero-order valence-electron chi connectivity index (χ0n) is 18.1. The summed E-state index contributed by atoms with van der Waals surface area (Å²) in [7, 11) is 0. The first-order valence-corrected chi connectivity index (χ1v) is 12.3. The van der Waals surface area contributed by atoms with Gasteiger partial charge < -0.3 is 10.6 Å². The highest BCUT2D eigenvalue weighted by atomic mass is 32.1. The standard InChI is InChI=1S/C22H22N6O3S2/c1-11-10-15(29)28(22(11)31)27-19-16-12(2)17(20(30)24-13-5-7-23-8-6-13)33-21(16)26-18(25-19)14-4-3-9-32-14/h3-4,9-10,13,23H,5-8H2,1-2H3,(H,24,30)(H,25,26,27). The summed E-state index contributed by atoms with van der Waals surface area (Å²) in [6.45, 7) is 5.19. The zero-order valence-corrected chi connectivity index (χ0v) is 19.7. The molecule has 0 aromatic carbocycles. The topological polar surface area (TPSA) is 116 Å². The number of rotatable bonds is 5. The first-order chi connectivity index (χ1) is 15.9. The lowest BCUT2D eigenvalue weighted by Crippen LogP contribution is -2.42. The van der Waals surface area contributed by atoms with E-state index < -0.39 is 11.8 Å². The van der Waals surface area contributed by atoms with Crippen LogP contribution in [0.15, 0.2) is 29.2 Å². The van der Waals surface area contributed by atoms with E-state index in [4.69, 9.17) is 4.98 Å². The van der Waals surface area contributed by atoms with E-state index in [0.717, 1.165) is 35.8 Å². The third kappa shape index (κ3) is 4.03. The Bertz CT molecular complexity index is 1290. The van der Waals surface area contributed by atoms with E-state index in [0.29, 0.717) is 37.9 Å². The highest BCUT2D eigenvalue weighted by Crippen LogP contribution is 2.37. The predicted molar refractivity (Wildman–Crippen MR) is 128 cm³/mol. The molecule has 1 fully saturated rings. The fourth-order valence-corrected chi connectivity index (χ4v) is 5.71. The third-order valence-electron chi connectivity index (χ3n) is 5.73. The monoisotopic (exact) mass is 482 g/mol. The first kappa shape index (κ1) is 21.7. The van der Waals surface area contributed by atoms with Crippen LogP contribution in [0.5, 0.6) is 0 Å². The molecule has 0 spiro atoms. The van der Waals surface area contributed by atoms with Gasteiger partial charge in [-0.1, -0.05) is 6.07 Å². The number of hydrogen-bond donors (Lipinski definition) is 3. The van der Waals surface area contributed by atoms with Crippen molar-refractivity contribution >= 4 is 56.4 Å². The van der Waals surface area contributed by atoms with Crippen LogP contribution in [0, 0.1) is 6.92 Å². The maximum Gasteiger partial charge on any atom is 0.275 e. The van der Waals surface area contributed by atoms with Crippen molar-refractivity contribution in [3.63, 3.8) is 0 Å². The molecule has 3 aromatic heterocycles. The van der Waals surface area contributed by atoms with Gasteiger partial charge in [0, 0.05) is 17.7 Å². The van der Waals surface area contributed by atoms with Crippen molar-refractivity contribution in [1.29, 1.82) is 0 Å². The fourth-order valence-electron chi connectivity index (χ4n) is 3.97. The van der Waals surface area contributed by atoms with E-state index in [1.807, 2.05) is 24.4 Å². The molecule has 2 aliphatic rings. The molecule has 0 aliphatic carbocycles. The first-order valence-electron chi connectivity index (χ1n) is 10.6. The molecule has 0 radical (unpaired) electrons. The van der Waals surface area contributed by atoms with Gasteiger partial charge in [-0.05, 0) is 56.8 Å². The lowest BCUT2D eigenvalue weighted by atomic mass is 10.1. The van der Waals surface area contributed by atoms with Crippen LogP contribution in [0.3, 0.4) is 0 Å². The van der Waals surface area contributed by atoms with Crippen molar-refractivity contribution in [2.45, 2.75) is 32.7 Å². The number of carbonyl (C=O) groups excluding carboxylic acids is 3. The molecular weight excluding hydrogens is 460 g/mol. The van der Waals surface area contributed by atoms with Crippen molar-refractivity contribution in [3.8, 4) is 10.7 Å². The summed E-state index contributed by atoms with van der Waals surface area (Å²) in [5.41, 5.74) is 3.95. The van der Waals surface area contributed by atoms with Gasteiger partial charge in [0.1, 0.15) is 4.83 Å². The minimum absolute atomic E-state index is 0.127. The smallest absolute Gasteiger partial charge is 0.275 e. The van der Waals surface area contributed by atoms with E-state index in [9.17, 15) is 14.4 Å². The minimum atomic E-state index is -0.460. The Hall–Kier alpha value is -3.15. The Morgan fingerprint density at radius 2 is 2.00 bits per heavy atom. The number of aryl methyl sites for hydroxylation is 1. The summed E-state index contributed by atoms with van der Waals surface area (Å²) in [6, 6.07) is 3.93. The minimum Gasteiger partial charge on any atom is -0.349 e. The number of nitrogens with one attached hydrogen (secondary N) is 3. The molecular formula is C22H22N6O3S2. The van der Waals surface area contributed by atoms with Crippen LogP contribution in [-0.4, -0.2) is 51.8 Å². The Balaban J connectivity index is 1.56. The van der Waals surface area contributed by atoms with Crippen LogP contribution in [0.2, 0.25) is 0 Å². The molecule has 0 saturated carbocycles. The van der Waals surface area contributed by atoms with Gasteiger partial charge in [-0.2, -0.15) is 5.01 Å². The number of imide groups is 1. The maximum atomic E-state index is 13.1. The fraction of sp³-hybridized carbons (Fsp3) is 0.318. The van der Waals surface area contributed by atoms with Crippen molar-refractivity contribution in [1.82, 2.24) is 25.6 Å². The number of hydrazine groups is 1. The molecule has 0 unspecified atom stereocenters. The number of carbonyl (C=O) groups is 3. The molecule has 1 saturated heterocycles. The number of aromatic nitrogens is 2. The normalized spacial score (nSPS) is 17.0. The van der Waals surface area contributed by atoms with Crippen LogP contribution in [-0.2, 0) is 9.59 Å². The van der Waals surface area contributed by atoms with Crippen LogP contribution < -0.4 is 16.1 Å². The van der Waals surface area contributed by atoms with Gasteiger partial charge in [0.25, 0.3) is 17.7 Å². The number of thiophene rings is 2. The molecule has 3 amide bonds. The summed E-state index contributed by atoms with van der Waals surface area (Å²) in [5, 5.41) is 9.92. The molecule has 0 bridgehead atoms. The van der Waals surface area contributed by atoms with E-state index in [2.05, 4.69) is 21.0 Å². The van der Waals surface area contributed by atoms with Gasteiger partial charge in [0.2, 0.25) is 0 Å².